The number of likely N-dealkylation sites (N-methyl/N-ethyl adjacent to an activating group) is 2. The fraction of sp³-hybridized carbons (Fsp3) is 0.400. The Hall–Kier alpha value is -3.96. The van der Waals surface area contributed by atoms with Gasteiger partial charge in [0.05, 0.1) is 12.6 Å². The minimum absolute atomic E-state index is 0.00774. The van der Waals surface area contributed by atoms with Crippen LogP contribution in [0.5, 0.6) is 5.75 Å². The SMILES string of the molecule is CN1CC(=O)N2C[C@H](N)C[C@H]2COc2ccsc2C(=O)N(C)[C@H](C(=O)NCc2ccc3ccccc3c2)CCC1=O. The van der Waals surface area contributed by atoms with Crippen LogP contribution in [0.15, 0.2) is 53.9 Å². The van der Waals surface area contributed by atoms with Gasteiger partial charge in [0.1, 0.15) is 23.3 Å². The molecular weight excluding hydrogens is 542 g/mol. The maximum Gasteiger partial charge on any atom is 0.268 e. The molecule has 11 heteroatoms. The van der Waals surface area contributed by atoms with E-state index in [0.29, 0.717) is 23.6 Å². The van der Waals surface area contributed by atoms with E-state index < -0.39 is 6.04 Å². The number of thiophene rings is 1. The number of fused-ring (bicyclic) bond motifs is 3. The molecule has 0 aliphatic carbocycles. The molecule has 2 aliphatic rings. The number of hydrogen-bond acceptors (Lipinski definition) is 7. The summed E-state index contributed by atoms with van der Waals surface area (Å²) in [7, 11) is 3.14. The lowest BCUT2D eigenvalue weighted by atomic mass is 10.1. The van der Waals surface area contributed by atoms with E-state index in [0.717, 1.165) is 16.3 Å². The lowest BCUT2D eigenvalue weighted by molar-refractivity contribution is -0.140. The van der Waals surface area contributed by atoms with Gasteiger partial charge in [-0.25, -0.2) is 0 Å². The van der Waals surface area contributed by atoms with Crippen molar-refractivity contribution in [1.82, 2.24) is 20.0 Å². The number of amides is 4. The van der Waals surface area contributed by atoms with Gasteiger partial charge in [-0.1, -0.05) is 36.4 Å². The summed E-state index contributed by atoms with van der Waals surface area (Å²) in [6.45, 7) is 0.733. The summed E-state index contributed by atoms with van der Waals surface area (Å²) in [6.07, 6.45) is 0.657. The van der Waals surface area contributed by atoms with Crippen LogP contribution in [0, 0.1) is 0 Å². The third-order valence-electron chi connectivity index (χ3n) is 7.82. The van der Waals surface area contributed by atoms with Crippen molar-refractivity contribution in [3.05, 3.63) is 64.4 Å². The van der Waals surface area contributed by atoms with Crippen LogP contribution in [0.4, 0.5) is 0 Å². The summed E-state index contributed by atoms with van der Waals surface area (Å²) < 4.78 is 6.05. The average molecular weight is 578 g/mol. The molecule has 4 amide bonds. The molecule has 0 unspecified atom stereocenters. The Kier molecular flexibility index (Phi) is 8.55. The molecule has 0 bridgehead atoms. The van der Waals surface area contributed by atoms with Crippen molar-refractivity contribution in [1.29, 1.82) is 0 Å². The van der Waals surface area contributed by atoms with Gasteiger partial charge in [-0.3, -0.25) is 19.2 Å². The van der Waals surface area contributed by atoms with Crippen LogP contribution in [0.3, 0.4) is 0 Å². The Morgan fingerprint density at radius 2 is 1.85 bits per heavy atom. The van der Waals surface area contributed by atoms with Crippen LogP contribution < -0.4 is 15.8 Å². The molecule has 0 radical (unpaired) electrons. The van der Waals surface area contributed by atoms with Crippen molar-refractivity contribution in [2.75, 3.05) is 33.8 Å². The minimum atomic E-state index is -0.905. The molecule has 3 aromatic rings. The monoisotopic (exact) mass is 577 g/mol. The van der Waals surface area contributed by atoms with E-state index in [9.17, 15) is 19.2 Å². The third-order valence-corrected chi connectivity index (χ3v) is 8.71. The number of rotatable bonds is 3. The van der Waals surface area contributed by atoms with Crippen molar-refractivity contribution < 1.29 is 23.9 Å². The van der Waals surface area contributed by atoms with Gasteiger partial charge in [-0.2, -0.15) is 0 Å². The van der Waals surface area contributed by atoms with Crippen LogP contribution in [0.1, 0.15) is 34.5 Å². The molecule has 3 N–H and O–H groups in total. The summed E-state index contributed by atoms with van der Waals surface area (Å²) in [5.74, 6) is -0.820. The number of nitrogens with zero attached hydrogens (tertiary/aromatic N) is 3. The average Bonchev–Trinajstić information content (AvgIpc) is 3.59. The third kappa shape index (κ3) is 6.36. The molecule has 10 nitrogen and oxygen atoms in total. The number of benzene rings is 2. The Morgan fingerprint density at radius 1 is 1.07 bits per heavy atom. The molecule has 2 aromatic carbocycles. The summed E-state index contributed by atoms with van der Waals surface area (Å²) in [6, 6.07) is 14.3. The second kappa shape index (κ2) is 12.3. The van der Waals surface area contributed by atoms with Gasteiger partial charge >= 0.3 is 0 Å². The summed E-state index contributed by atoms with van der Waals surface area (Å²) in [4.78, 5) is 58.1. The fourth-order valence-corrected chi connectivity index (χ4v) is 6.28. The van der Waals surface area contributed by atoms with Gasteiger partial charge in [-0.15, -0.1) is 11.3 Å². The first kappa shape index (κ1) is 28.6. The smallest absolute Gasteiger partial charge is 0.268 e. The number of nitrogens with one attached hydrogen (secondary N) is 1. The van der Waals surface area contributed by atoms with Crippen LogP contribution in [-0.4, -0.2) is 90.2 Å². The van der Waals surface area contributed by atoms with E-state index in [4.69, 9.17) is 10.5 Å². The van der Waals surface area contributed by atoms with Gasteiger partial charge in [0.15, 0.2) is 0 Å². The lowest BCUT2D eigenvalue weighted by Gasteiger charge is -2.28. The quantitative estimate of drug-likeness (QED) is 0.492. The van der Waals surface area contributed by atoms with Gasteiger partial charge in [0, 0.05) is 39.6 Å². The Bertz CT molecular complexity index is 1460. The second-order valence-corrected chi connectivity index (χ2v) is 11.7. The van der Waals surface area contributed by atoms with Crippen molar-refractivity contribution in [3.8, 4) is 5.75 Å². The second-order valence-electron chi connectivity index (χ2n) is 10.7. The predicted octanol–water partition coefficient (Wildman–Crippen LogP) is 2.22. The zero-order valence-electron chi connectivity index (χ0n) is 23.2. The topological polar surface area (TPSA) is 125 Å². The summed E-state index contributed by atoms with van der Waals surface area (Å²) in [5, 5.41) is 6.88. The predicted molar refractivity (Wildman–Crippen MR) is 156 cm³/mol. The molecule has 5 rings (SSSR count). The van der Waals surface area contributed by atoms with Gasteiger partial charge in [0.2, 0.25) is 17.7 Å². The van der Waals surface area contributed by atoms with Crippen LogP contribution in [0.2, 0.25) is 0 Å². The van der Waals surface area contributed by atoms with Crippen molar-refractivity contribution in [3.63, 3.8) is 0 Å². The minimum Gasteiger partial charge on any atom is -0.490 e. The van der Waals surface area contributed by atoms with Gasteiger partial charge in [0.25, 0.3) is 5.91 Å². The number of hydrogen-bond donors (Lipinski definition) is 2. The molecular formula is C30H35N5O5S. The van der Waals surface area contributed by atoms with E-state index >= 15 is 0 Å². The highest BCUT2D eigenvalue weighted by molar-refractivity contribution is 7.12. The highest BCUT2D eigenvalue weighted by atomic mass is 32.1. The molecule has 1 aromatic heterocycles. The maximum atomic E-state index is 13.6. The standard InChI is InChI=1S/C30H35N5O5S/c1-33-17-27(37)35-16-22(31)14-23(35)18-40-25-11-12-41-28(25)30(39)34(2)24(9-10-26(33)36)29(38)32-15-19-7-8-20-5-3-4-6-21(20)13-19/h3-8,11-13,22-24H,9-10,14-18,31H2,1-2H3,(H,32,38)/t22-,23+,24+/m1/s1. The molecule has 3 heterocycles. The molecule has 1 fully saturated rings. The first-order valence-corrected chi connectivity index (χ1v) is 14.6. The molecule has 1 saturated heterocycles. The highest BCUT2D eigenvalue weighted by Gasteiger charge is 2.36. The van der Waals surface area contributed by atoms with Crippen LogP contribution in [0.25, 0.3) is 10.8 Å². The number of carbonyl (C=O) groups is 4. The van der Waals surface area contributed by atoms with Gasteiger partial charge in [-0.05, 0) is 46.7 Å². The van der Waals surface area contributed by atoms with Crippen molar-refractivity contribution in [2.24, 2.45) is 5.73 Å². The van der Waals surface area contributed by atoms with E-state index in [1.165, 1.54) is 21.1 Å². The molecule has 0 saturated carbocycles. The zero-order valence-corrected chi connectivity index (χ0v) is 24.1. The van der Waals surface area contributed by atoms with Crippen molar-refractivity contribution >= 4 is 45.7 Å². The Morgan fingerprint density at radius 3 is 2.66 bits per heavy atom. The van der Waals surface area contributed by atoms with E-state index in [-0.39, 0.29) is 68.3 Å². The zero-order chi connectivity index (χ0) is 29.1. The first-order valence-electron chi connectivity index (χ1n) is 13.7. The first-order chi connectivity index (χ1) is 19.7. The van der Waals surface area contributed by atoms with Crippen LogP contribution >= 0.6 is 11.3 Å². The molecule has 216 valence electrons. The van der Waals surface area contributed by atoms with Crippen molar-refractivity contribution in [2.45, 2.75) is 43.9 Å². The molecule has 3 atom stereocenters. The van der Waals surface area contributed by atoms with E-state index in [1.807, 2.05) is 42.5 Å². The Balaban J connectivity index is 1.37. The maximum absolute atomic E-state index is 13.6. The molecule has 41 heavy (non-hydrogen) atoms. The van der Waals surface area contributed by atoms with E-state index in [2.05, 4.69) is 5.32 Å². The van der Waals surface area contributed by atoms with Gasteiger partial charge < -0.3 is 30.5 Å². The highest BCUT2D eigenvalue weighted by Crippen LogP contribution is 2.29. The summed E-state index contributed by atoms with van der Waals surface area (Å²) >= 11 is 1.23. The molecule has 2 aliphatic heterocycles. The Labute approximate surface area is 243 Å². The fourth-order valence-electron chi connectivity index (χ4n) is 5.46. The molecule has 0 spiro atoms. The summed E-state index contributed by atoms with van der Waals surface area (Å²) in [5.41, 5.74) is 7.07. The number of carbonyl (C=O) groups excluding carboxylic acids is 4. The normalized spacial score (nSPS) is 22.6. The van der Waals surface area contributed by atoms with E-state index in [1.54, 1.807) is 30.4 Å². The number of ether oxygens (including phenoxy) is 1. The number of nitrogens with two attached hydrogens (primary N) is 1. The lowest BCUT2D eigenvalue weighted by Crippen LogP contribution is -2.48. The largest absolute Gasteiger partial charge is 0.490 e. The van der Waals surface area contributed by atoms with Crippen LogP contribution in [-0.2, 0) is 20.9 Å².